The SMILES string of the molecule is COc1ccc(-c2noc(C34CC5CC(CC(C5)C3)C4)n2)cc1. The van der Waals surface area contributed by atoms with Crippen LogP contribution in [0.3, 0.4) is 0 Å². The van der Waals surface area contributed by atoms with Gasteiger partial charge in [0.05, 0.1) is 12.5 Å². The highest BCUT2D eigenvalue weighted by molar-refractivity contribution is 5.55. The Hall–Kier alpha value is -1.84. The molecular weight excluding hydrogens is 288 g/mol. The maximum atomic E-state index is 5.77. The van der Waals surface area contributed by atoms with Gasteiger partial charge in [-0.3, -0.25) is 0 Å². The normalized spacial score (nSPS) is 34.7. The summed E-state index contributed by atoms with van der Waals surface area (Å²) >= 11 is 0. The third-order valence-electron chi connectivity index (χ3n) is 6.27. The van der Waals surface area contributed by atoms with E-state index in [-0.39, 0.29) is 5.41 Å². The number of nitrogens with zero attached hydrogens (tertiary/aromatic N) is 2. The molecule has 1 heterocycles. The van der Waals surface area contributed by atoms with Crippen molar-refractivity contribution >= 4 is 0 Å². The molecule has 6 rings (SSSR count). The minimum atomic E-state index is 0.173. The summed E-state index contributed by atoms with van der Waals surface area (Å²) in [5.41, 5.74) is 1.16. The Kier molecular flexibility index (Phi) is 2.85. The van der Waals surface area contributed by atoms with Crippen molar-refractivity contribution < 1.29 is 9.26 Å². The smallest absolute Gasteiger partial charge is 0.233 e. The third-order valence-corrected chi connectivity index (χ3v) is 6.27. The van der Waals surface area contributed by atoms with Crippen molar-refractivity contribution in [1.29, 1.82) is 0 Å². The van der Waals surface area contributed by atoms with E-state index in [1.807, 2.05) is 24.3 Å². The molecule has 4 heteroatoms. The summed E-state index contributed by atoms with van der Waals surface area (Å²) in [7, 11) is 1.68. The highest BCUT2D eigenvalue weighted by Crippen LogP contribution is 2.60. The number of aromatic nitrogens is 2. The van der Waals surface area contributed by atoms with E-state index in [0.717, 1.165) is 35.0 Å². The Balaban J connectivity index is 1.47. The van der Waals surface area contributed by atoms with Crippen LogP contribution in [0.4, 0.5) is 0 Å². The molecule has 4 bridgehead atoms. The van der Waals surface area contributed by atoms with Gasteiger partial charge < -0.3 is 9.26 Å². The fourth-order valence-corrected chi connectivity index (χ4v) is 5.67. The van der Waals surface area contributed by atoms with Gasteiger partial charge in [0.25, 0.3) is 0 Å². The molecule has 4 saturated carbocycles. The third kappa shape index (κ3) is 2.11. The lowest BCUT2D eigenvalue weighted by Gasteiger charge is -2.55. The van der Waals surface area contributed by atoms with E-state index in [2.05, 4.69) is 5.16 Å². The van der Waals surface area contributed by atoms with Crippen LogP contribution in [-0.4, -0.2) is 17.3 Å². The van der Waals surface area contributed by atoms with Gasteiger partial charge in [0.15, 0.2) is 0 Å². The van der Waals surface area contributed by atoms with Crippen LogP contribution in [0.2, 0.25) is 0 Å². The minimum Gasteiger partial charge on any atom is -0.497 e. The Bertz CT molecular complexity index is 684. The summed E-state index contributed by atoms with van der Waals surface area (Å²) in [5, 5.41) is 4.27. The van der Waals surface area contributed by atoms with Crippen LogP contribution in [0.5, 0.6) is 5.75 Å². The summed E-state index contributed by atoms with van der Waals surface area (Å²) in [6.45, 7) is 0. The Labute approximate surface area is 136 Å². The van der Waals surface area contributed by atoms with Gasteiger partial charge in [-0.1, -0.05) is 5.16 Å². The lowest BCUT2D eigenvalue weighted by atomic mass is 9.49. The Morgan fingerprint density at radius 3 is 2.17 bits per heavy atom. The van der Waals surface area contributed by atoms with Crippen molar-refractivity contribution in [2.75, 3.05) is 7.11 Å². The fraction of sp³-hybridized carbons (Fsp3) is 0.579. The number of methoxy groups -OCH3 is 1. The highest BCUT2D eigenvalue weighted by Gasteiger charge is 2.54. The zero-order valence-corrected chi connectivity index (χ0v) is 13.5. The fourth-order valence-electron chi connectivity index (χ4n) is 5.67. The van der Waals surface area contributed by atoms with Crippen molar-refractivity contribution in [2.45, 2.75) is 43.9 Å². The molecule has 1 aromatic carbocycles. The summed E-state index contributed by atoms with van der Waals surface area (Å²) in [5.74, 6) is 5.10. The molecule has 120 valence electrons. The molecule has 23 heavy (non-hydrogen) atoms. The molecular formula is C19H22N2O2. The zero-order chi connectivity index (χ0) is 15.4. The molecule has 0 radical (unpaired) electrons. The standard InChI is InChI=1S/C19H22N2O2/c1-22-16-4-2-15(3-5-16)17-20-18(23-21-17)19-9-12-6-13(10-19)8-14(7-12)11-19/h2-5,12-14H,6-11H2,1H3. The molecule has 0 N–H and O–H groups in total. The first kappa shape index (κ1) is 13.6. The van der Waals surface area contributed by atoms with Crippen molar-refractivity contribution in [3.05, 3.63) is 30.2 Å². The molecule has 0 saturated heterocycles. The number of ether oxygens (including phenoxy) is 1. The molecule has 4 fully saturated rings. The molecule has 0 amide bonds. The second kappa shape index (κ2) is 4.83. The molecule has 2 aromatic rings. The molecule has 4 aliphatic carbocycles. The van der Waals surface area contributed by atoms with Crippen molar-refractivity contribution in [1.82, 2.24) is 10.1 Å². The van der Waals surface area contributed by atoms with E-state index in [1.54, 1.807) is 7.11 Å². The lowest BCUT2D eigenvalue weighted by molar-refractivity contribution is -0.0201. The van der Waals surface area contributed by atoms with Gasteiger partial charge in [-0.15, -0.1) is 0 Å². The van der Waals surface area contributed by atoms with Crippen molar-refractivity contribution in [2.24, 2.45) is 17.8 Å². The zero-order valence-electron chi connectivity index (χ0n) is 13.5. The molecule has 0 spiro atoms. The van der Waals surface area contributed by atoms with Crippen LogP contribution in [0, 0.1) is 17.8 Å². The predicted octanol–water partition coefficient (Wildman–Crippen LogP) is 4.21. The first-order valence-corrected chi connectivity index (χ1v) is 8.73. The van der Waals surface area contributed by atoms with Gasteiger partial charge in [-0.2, -0.15) is 4.98 Å². The van der Waals surface area contributed by atoms with Gasteiger partial charge in [0, 0.05) is 5.56 Å². The van der Waals surface area contributed by atoms with Crippen LogP contribution in [-0.2, 0) is 5.41 Å². The van der Waals surface area contributed by atoms with E-state index in [1.165, 1.54) is 38.5 Å². The summed E-state index contributed by atoms with van der Waals surface area (Å²) < 4.78 is 11.0. The average Bonchev–Trinajstić information content (AvgIpc) is 3.04. The molecule has 0 atom stereocenters. The monoisotopic (exact) mass is 310 g/mol. The van der Waals surface area contributed by atoms with E-state index >= 15 is 0 Å². The summed E-state index contributed by atoms with van der Waals surface area (Å²) in [4.78, 5) is 4.81. The van der Waals surface area contributed by atoms with Crippen LogP contribution >= 0.6 is 0 Å². The van der Waals surface area contributed by atoms with Crippen LogP contribution in [0.15, 0.2) is 28.8 Å². The first-order chi connectivity index (χ1) is 11.2. The van der Waals surface area contributed by atoms with Crippen LogP contribution < -0.4 is 4.74 Å². The topological polar surface area (TPSA) is 48.2 Å². The molecule has 0 aliphatic heterocycles. The van der Waals surface area contributed by atoms with Crippen LogP contribution in [0.1, 0.15) is 44.4 Å². The molecule has 0 unspecified atom stereocenters. The van der Waals surface area contributed by atoms with Gasteiger partial charge >= 0.3 is 0 Å². The van der Waals surface area contributed by atoms with Crippen LogP contribution in [0.25, 0.3) is 11.4 Å². The van der Waals surface area contributed by atoms with E-state index in [9.17, 15) is 0 Å². The maximum absolute atomic E-state index is 5.77. The van der Waals surface area contributed by atoms with Gasteiger partial charge in [-0.25, -0.2) is 0 Å². The second-order valence-corrected chi connectivity index (χ2v) is 7.85. The number of rotatable bonds is 3. The quantitative estimate of drug-likeness (QED) is 0.852. The van der Waals surface area contributed by atoms with Crippen molar-refractivity contribution in [3.8, 4) is 17.1 Å². The average molecular weight is 310 g/mol. The summed E-state index contributed by atoms with van der Waals surface area (Å²) in [6.07, 6.45) is 8.05. The lowest BCUT2D eigenvalue weighted by Crippen LogP contribution is -2.48. The minimum absolute atomic E-state index is 0.173. The largest absolute Gasteiger partial charge is 0.497 e. The van der Waals surface area contributed by atoms with Gasteiger partial charge in [-0.05, 0) is 80.5 Å². The maximum Gasteiger partial charge on any atom is 0.233 e. The Morgan fingerprint density at radius 2 is 1.61 bits per heavy atom. The number of hydrogen-bond donors (Lipinski definition) is 0. The highest BCUT2D eigenvalue weighted by atomic mass is 16.5. The summed E-state index contributed by atoms with van der Waals surface area (Å²) in [6, 6.07) is 7.87. The van der Waals surface area contributed by atoms with Gasteiger partial charge in [0.1, 0.15) is 5.75 Å². The molecule has 1 aromatic heterocycles. The van der Waals surface area contributed by atoms with Gasteiger partial charge in [0.2, 0.25) is 11.7 Å². The van der Waals surface area contributed by atoms with Crippen molar-refractivity contribution in [3.63, 3.8) is 0 Å². The first-order valence-electron chi connectivity index (χ1n) is 8.73. The molecule has 4 nitrogen and oxygen atoms in total. The number of benzene rings is 1. The van der Waals surface area contributed by atoms with E-state index in [4.69, 9.17) is 14.2 Å². The second-order valence-electron chi connectivity index (χ2n) is 7.85. The number of hydrogen-bond acceptors (Lipinski definition) is 4. The molecule has 4 aliphatic rings. The Morgan fingerprint density at radius 1 is 1.00 bits per heavy atom. The van der Waals surface area contributed by atoms with E-state index < -0.39 is 0 Å². The van der Waals surface area contributed by atoms with E-state index in [0.29, 0.717) is 5.82 Å². The predicted molar refractivity (Wildman–Crippen MR) is 86.1 cm³/mol.